The van der Waals surface area contributed by atoms with E-state index in [0.717, 1.165) is 0 Å². The summed E-state index contributed by atoms with van der Waals surface area (Å²) in [7, 11) is 0. The summed E-state index contributed by atoms with van der Waals surface area (Å²) in [5.74, 6) is -1.40. The van der Waals surface area contributed by atoms with Gasteiger partial charge in [-0.15, -0.1) is 0 Å². The largest absolute Gasteiger partial charge is 0.302 e. The molecule has 0 heterocycles. The first-order chi connectivity index (χ1) is 3.75. The first-order valence-corrected chi connectivity index (χ1v) is 2.26. The van der Waals surface area contributed by atoms with Crippen molar-refractivity contribution in [2.24, 2.45) is 5.92 Å². The molecule has 42 valence electrons. The Bertz CT molecular complexity index is 145. The van der Waals surface area contributed by atoms with E-state index in [1.165, 1.54) is 0 Å². The molecule has 0 aliphatic heterocycles. The molecule has 0 aromatic heterocycles. The average Bonchev–Trinajstić information content (AvgIpc) is 1.67. The highest BCUT2D eigenvalue weighted by Crippen LogP contribution is 2.14. The molecule has 0 amide bonds. The lowest BCUT2D eigenvalue weighted by molar-refractivity contribution is -0.145. The highest BCUT2D eigenvalue weighted by molar-refractivity contribution is 6.28. The number of rotatable bonds is 1. The smallest absolute Gasteiger partial charge is 0.157 e. The predicted molar refractivity (Wildman–Crippen MR) is 24.2 cm³/mol. The molecule has 0 aromatic carbocycles. The Balaban J connectivity index is 2.65. The molecule has 0 aromatic rings. The monoisotopic (exact) mass is 112 g/mol. The molecule has 0 radical (unpaired) electrons. The Morgan fingerprint density at radius 1 is 1.38 bits per heavy atom. The van der Waals surface area contributed by atoms with Crippen molar-refractivity contribution in [3.05, 3.63) is 0 Å². The second-order valence-electron chi connectivity index (χ2n) is 1.72. The minimum Gasteiger partial charge on any atom is -0.302 e. The number of aldehydes is 1. The summed E-state index contributed by atoms with van der Waals surface area (Å²) in [6, 6.07) is 0. The number of carbonyl (C=O) groups is 3. The van der Waals surface area contributed by atoms with E-state index in [1.807, 2.05) is 0 Å². The summed E-state index contributed by atoms with van der Waals surface area (Å²) in [6.07, 6.45) is 0.359. The van der Waals surface area contributed by atoms with Crippen LogP contribution in [0.25, 0.3) is 0 Å². The van der Waals surface area contributed by atoms with Crippen molar-refractivity contribution in [1.82, 2.24) is 0 Å². The first kappa shape index (κ1) is 5.15. The lowest BCUT2D eigenvalue weighted by Crippen LogP contribution is -2.38. The van der Waals surface area contributed by atoms with Gasteiger partial charge in [-0.05, 0) is 0 Å². The SMILES string of the molecule is O=CC1C(=O)CC1=O. The highest BCUT2D eigenvalue weighted by Gasteiger charge is 2.37. The number of hydrogen-bond donors (Lipinski definition) is 0. The van der Waals surface area contributed by atoms with Crippen LogP contribution in [0, 0.1) is 5.92 Å². The van der Waals surface area contributed by atoms with Gasteiger partial charge in [-0.25, -0.2) is 0 Å². The van der Waals surface area contributed by atoms with Crippen LogP contribution in [0.5, 0.6) is 0 Å². The summed E-state index contributed by atoms with van der Waals surface area (Å²) < 4.78 is 0. The van der Waals surface area contributed by atoms with Gasteiger partial charge in [0.2, 0.25) is 0 Å². The van der Waals surface area contributed by atoms with Crippen LogP contribution in [0.2, 0.25) is 0 Å². The second kappa shape index (κ2) is 1.51. The van der Waals surface area contributed by atoms with Crippen LogP contribution in [0.3, 0.4) is 0 Å². The molecule has 0 bridgehead atoms. The van der Waals surface area contributed by atoms with Crippen LogP contribution in [-0.2, 0) is 14.4 Å². The number of hydrogen-bond acceptors (Lipinski definition) is 3. The molecule has 1 saturated carbocycles. The van der Waals surface area contributed by atoms with Crippen LogP contribution in [-0.4, -0.2) is 17.9 Å². The van der Waals surface area contributed by atoms with Gasteiger partial charge in [0.25, 0.3) is 0 Å². The molecular weight excluding hydrogens is 108 g/mol. The molecule has 0 atom stereocenters. The summed E-state index contributed by atoms with van der Waals surface area (Å²) >= 11 is 0. The third-order valence-corrected chi connectivity index (χ3v) is 1.18. The van der Waals surface area contributed by atoms with Gasteiger partial charge < -0.3 is 4.79 Å². The van der Waals surface area contributed by atoms with Crippen molar-refractivity contribution >= 4 is 17.9 Å². The molecule has 1 fully saturated rings. The Hall–Kier alpha value is -0.990. The van der Waals surface area contributed by atoms with E-state index in [1.54, 1.807) is 0 Å². The van der Waals surface area contributed by atoms with Crippen molar-refractivity contribution in [3.8, 4) is 0 Å². The minimum atomic E-state index is -0.907. The molecule has 8 heavy (non-hydrogen) atoms. The summed E-state index contributed by atoms with van der Waals surface area (Å²) in [6.45, 7) is 0. The van der Waals surface area contributed by atoms with Crippen molar-refractivity contribution in [2.45, 2.75) is 6.42 Å². The minimum absolute atomic E-state index is 0.0383. The van der Waals surface area contributed by atoms with Crippen LogP contribution in [0.1, 0.15) is 6.42 Å². The van der Waals surface area contributed by atoms with Gasteiger partial charge in [0.05, 0.1) is 6.42 Å². The molecule has 0 unspecified atom stereocenters. The zero-order chi connectivity index (χ0) is 6.15. The summed E-state index contributed by atoms with van der Waals surface area (Å²) in [5, 5.41) is 0. The predicted octanol–water partition coefficient (Wildman–Crippen LogP) is -0.657. The quantitative estimate of drug-likeness (QED) is 0.334. The second-order valence-corrected chi connectivity index (χ2v) is 1.72. The fourth-order valence-corrected chi connectivity index (χ4v) is 0.592. The van der Waals surface area contributed by atoms with Gasteiger partial charge >= 0.3 is 0 Å². The van der Waals surface area contributed by atoms with E-state index >= 15 is 0 Å². The van der Waals surface area contributed by atoms with Crippen molar-refractivity contribution in [3.63, 3.8) is 0 Å². The van der Waals surface area contributed by atoms with Crippen LogP contribution >= 0.6 is 0 Å². The van der Waals surface area contributed by atoms with Crippen LogP contribution in [0.15, 0.2) is 0 Å². The van der Waals surface area contributed by atoms with Crippen LogP contribution in [0.4, 0.5) is 0 Å². The number of Topliss-reactive ketones (excluding diaryl/α,β-unsaturated/α-hetero) is 2. The van der Waals surface area contributed by atoms with Gasteiger partial charge in [0.15, 0.2) is 11.6 Å². The molecule has 1 rings (SSSR count). The topological polar surface area (TPSA) is 51.2 Å². The van der Waals surface area contributed by atoms with E-state index in [-0.39, 0.29) is 18.0 Å². The molecule has 0 saturated heterocycles. The van der Waals surface area contributed by atoms with Gasteiger partial charge in [0.1, 0.15) is 12.2 Å². The maximum atomic E-state index is 10.2. The van der Waals surface area contributed by atoms with Crippen LogP contribution < -0.4 is 0 Å². The van der Waals surface area contributed by atoms with E-state index in [0.29, 0.717) is 6.29 Å². The van der Waals surface area contributed by atoms with E-state index in [9.17, 15) is 14.4 Å². The lowest BCUT2D eigenvalue weighted by atomic mass is 9.84. The van der Waals surface area contributed by atoms with Gasteiger partial charge in [-0.2, -0.15) is 0 Å². The first-order valence-electron chi connectivity index (χ1n) is 2.26. The molecule has 3 nitrogen and oxygen atoms in total. The Morgan fingerprint density at radius 2 is 1.88 bits per heavy atom. The fourth-order valence-electron chi connectivity index (χ4n) is 0.592. The lowest BCUT2D eigenvalue weighted by Gasteiger charge is -2.14. The van der Waals surface area contributed by atoms with Crippen molar-refractivity contribution in [2.75, 3.05) is 0 Å². The molecule has 0 N–H and O–H groups in total. The Labute approximate surface area is 45.7 Å². The standard InChI is InChI=1S/C5H4O3/c6-2-3-4(7)1-5(3)8/h2-3H,1H2. The van der Waals surface area contributed by atoms with Gasteiger partial charge in [-0.3, -0.25) is 9.59 Å². The number of ketones is 2. The highest BCUT2D eigenvalue weighted by atomic mass is 16.2. The van der Waals surface area contributed by atoms with E-state index in [4.69, 9.17) is 0 Å². The number of carbonyl (C=O) groups excluding carboxylic acids is 3. The Morgan fingerprint density at radius 3 is 2.00 bits per heavy atom. The summed E-state index contributed by atoms with van der Waals surface area (Å²) in [5.41, 5.74) is 0. The Kier molecular flexibility index (Phi) is 0.970. The fraction of sp³-hybridized carbons (Fsp3) is 0.400. The normalized spacial score (nSPS) is 20.5. The van der Waals surface area contributed by atoms with E-state index < -0.39 is 5.92 Å². The molecule has 0 spiro atoms. The van der Waals surface area contributed by atoms with Gasteiger partial charge in [-0.1, -0.05) is 0 Å². The molecule has 1 aliphatic carbocycles. The zero-order valence-corrected chi connectivity index (χ0v) is 4.09. The molecule has 1 aliphatic rings. The third-order valence-electron chi connectivity index (χ3n) is 1.18. The molecular formula is C5H4O3. The third kappa shape index (κ3) is 0.476. The zero-order valence-electron chi connectivity index (χ0n) is 4.09. The molecule has 3 heteroatoms. The maximum Gasteiger partial charge on any atom is 0.157 e. The summed E-state index contributed by atoms with van der Waals surface area (Å²) in [4.78, 5) is 30.2. The van der Waals surface area contributed by atoms with Crippen molar-refractivity contribution in [1.29, 1.82) is 0 Å². The van der Waals surface area contributed by atoms with Gasteiger partial charge in [0, 0.05) is 0 Å². The van der Waals surface area contributed by atoms with E-state index in [2.05, 4.69) is 0 Å². The van der Waals surface area contributed by atoms with Crippen molar-refractivity contribution < 1.29 is 14.4 Å². The average molecular weight is 112 g/mol. The maximum absolute atomic E-state index is 10.2.